The van der Waals surface area contributed by atoms with Crippen LogP contribution in [0.1, 0.15) is 20.8 Å². The van der Waals surface area contributed by atoms with Gasteiger partial charge in [0, 0.05) is 12.1 Å². The summed E-state index contributed by atoms with van der Waals surface area (Å²) in [5, 5.41) is 0.345. The fourth-order valence-electron chi connectivity index (χ4n) is 1.24. The number of rotatable bonds is 4. The number of hydrogen-bond acceptors (Lipinski definition) is 4. The van der Waals surface area contributed by atoms with E-state index in [1.807, 2.05) is 0 Å². The van der Waals surface area contributed by atoms with Crippen LogP contribution in [0.2, 0.25) is 5.02 Å². The van der Waals surface area contributed by atoms with E-state index >= 15 is 0 Å². The van der Waals surface area contributed by atoms with Crippen LogP contribution in [0.5, 0.6) is 11.5 Å². The summed E-state index contributed by atoms with van der Waals surface area (Å²) in [4.78, 5) is 0. The van der Waals surface area contributed by atoms with Crippen molar-refractivity contribution < 1.29 is 17.9 Å². The molecule has 19 heavy (non-hydrogen) atoms. The molecule has 1 aromatic carbocycles. The molecule has 0 bridgehead atoms. The van der Waals surface area contributed by atoms with Crippen LogP contribution in [-0.4, -0.2) is 27.4 Å². The van der Waals surface area contributed by atoms with Crippen LogP contribution in [-0.2, 0) is 10.0 Å². The fraction of sp³-hybridized carbons (Fsp3) is 0.500. The monoisotopic (exact) mass is 307 g/mol. The topological polar surface area (TPSA) is 64.6 Å². The normalized spacial score (nSPS) is 12.1. The van der Waals surface area contributed by atoms with Gasteiger partial charge in [0.1, 0.15) is 11.5 Å². The Morgan fingerprint density at radius 3 is 2.05 bits per heavy atom. The lowest BCUT2D eigenvalue weighted by Crippen LogP contribution is -2.33. The molecule has 108 valence electrons. The van der Waals surface area contributed by atoms with E-state index in [1.54, 1.807) is 20.8 Å². The predicted octanol–water partition coefficient (Wildman–Crippen LogP) is 2.90. The van der Waals surface area contributed by atoms with Gasteiger partial charge in [-0.05, 0) is 20.8 Å². The maximum absolute atomic E-state index is 12.1. The average molecular weight is 308 g/mol. The molecule has 1 aromatic rings. The first-order valence-corrected chi connectivity index (χ1v) is 7.42. The summed E-state index contributed by atoms with van der Waals surface area (Å²) >= 11 is 5.96. The minimum atomic E-state index is -3.55. The van der Waals surface area contributed by atoms with Gasteiger partial charge in [-0.1, -0.05) is 11.6 Å². The molecule has 0 radical (unpaired) electrons. The quantitative estimate of drug-likeness (QED) is 0.929. The van der Waals surface area contributed by atoms with Gasteiger partial charge in [0.15, 0.2) is 0 Å². The van der Waals surface area contributed by atoms with E-state index < -0.39 is 14.8 Å². The first-order valence-electron chi connectivity index (χ1n) is 5.56. The zero-order valence-corrected chi connectivity index (χ0v) is 13.1. The van der Waals surface area contributed by atoms with Crippen molar-refractivity contribution in [3.63, 3.8) is 0 Å². The third-order valence-electron chi connectivity index (χ3n) is 2.52. The number of sulfonamides is 1. The van der Waals surface area contributed by atoms with Gasteiger partial charge in [-0.15, -0.1) is 0 Å². The lowest BCUT2D eigenvalue weighted by Gasteiger charge is -2.22. The summed E-state index contributed by atoms with van der Waals surface area (Å²) in [7, 11) is -0.658. The summed E-state index contributed by atoms with van der Waals surface area (Å²) in [5.74, 6) is 0.702. The molecular formula is C12H18ClNO4S. The van der Waals surface area contributed by atoms with Crippen molar-refractivity contribution >= 4 is 27.3 Å². The van der Waals surface area contributed by atoms with Gasteiger partial charge in [0.2, 0.25) is 10.0 Å². The highest BCUT2D eigenvalue weighted by Gasteiger charge is 2.30. The van der Waals surface area contributed by atoms with Gasteiger partial charge in [-0.2, -0.15) is 0 Å². The van der Waals surface area contributed by atoms with Gasteiger partial charge >= 0.3 is 0 Å². The molecule has 0 heterocycles. The van der Waals surface area contributed by atoms with Crippen molar-refractivity contribution in [1.29, 1.82) is 0 Å². The van der Waals surface area contributed by atoms with Gasteiger partial charge in [0.25, 0.3) is 0 Å². The molecule has 0 aliphatic heterocycles. The number of anilines is 1. The van der Waals surface area contributed by atoms with Gasteiger partial charge in [-0.3, -0.25) is 4.72 Å². The maximum Gasteiger partial charge on any atom is 0.237 e. The Bertz CT molecular complexity index is 564. The second kappa shape index (κ2) is 5.46. The van der Waals surface area contributed by atoms with Crippen LogP contribution in [0.3, 0.4) is 0 Å². The summed E-state index contributed by atoms with van der Waals surface area (Å²) in [6.45, 7) is 4.82. The molecule has 0 saturated heterocycles. The molecule has 0 fully saturated rings. The van der Waals surface area contributed by atoms with Gasteiger partial charge < -0.3 is 9.47 Å². The highest BCUT2D eigenvalue weighted by atomic mass is 35.5. The van der Waals surface area contributed by atoms with Crippen LogP contribution in [0.4, 0.5) is 5.69 Å². The third-order valence-corrected chi connectivity index (χ3v) is 4.92. The summed E-state index contributed by atoms with van der Waals surface area (Å²) < 4.78 is 36.0. The van der Waals surface area contributed by atoms with Gasteiger partial charge in [-0.25, -0.2) is 8.42 Å². The van der Waals surface area contributed by atoms with E-state index in [0.717, 1.165) is 0 Å². The predicted molar refractivity (Wildman–Crippen MR) is 76.9 cm³/mol. The molecule has 0 atom stereocenters. The van der Waals surface area contributed by atoms with Crippen LogP contribution in [0, 0.1) is 0 Å². The molecule has 0 spiro atoms. The molecule has 0 amide bonds. The smallest absolute Gasteiger partial charge is 0.237 e. The number of ether oxygens (including phenoxy) is 2. The van der Waals surface area contributed by atoms with Crippen LogP contribution in [0.25, 0.3) is 0 Å². The highest BCUT2D eigenvalue weighted by Crippen LogP contribution is 2.37. The van der Waals surface area contributed by atoms with Crippen molar-refractivity contribution in [1.82, 2.24) is 0 Å². The Kier molecular flexibility index (Phi) is 4.58. The minimum Gasteiger partial charge on any atom is -0.495 e. The zero-order chi connectivity index (χ0) is 14.8. The molecule has 0 aromatic heterocycles. The number of methoxy groups -OCH3 is 2. The van der Waals surface area contributed by atoms with E-state index in [4.69, 9.17) is 21.1 Å². The van der Waals surface area contributed by atoms with Crippen molar-refractivity contribution in [3.8, 4) is 11.5 Å². The van der Waals surface area contributed by atoms with Gasteiger partial charge in [0.05, 0.1) is 29.7 Å². The zero-order valence-electron chi connectivity index (χ0n) is 11.6. The Hall–Kier alpha value is -1.14. The second-order valence-corrected chi connectivity index (χ2v) is 7.75. The van der Waals surface area contributed by atoms with Crippen LogP contribution >= 0.6 is 11.6 Å². The lowest BCUT2D eigenvalue weighted by molar-refractivity contribution is 0.405. The molecule has 5 nitrogen and oxygen atoms in total. The number of halogens is 1. The Balaban J connectivity index is 3.28. The summed E-state index contributed by atoms with van der Waals surface area (Å²) in [5.41, 5.74) is 0.290. The molecular weight excluding hydrogens is 290 g/mol. The van der Waals surface area contributed by atoms with Crippen molar-refractivity contribution in [2.24, 2.45) is 0 Å². The maximum atomic E-state index is 12.1. The minimum absolute atomic E-state index is 0.290. The fourth-order valence-corrected chi connectivity index (χ4v) is 2.22. The van der Waals surface area contributed by atoms with E-state index in [-0.39, 0.29) is 0 Å². The molecule has 1 N–H and O–H groups in total. The molecule has 7 heteroatoms. The van der Waals surface area contributed by atoms with Crippen LogP contribution in [0.15, 0.2) is 12.1 Å². The Labute approximate surface area is 118 Å². The molecule has 0 aliphatic carbocycles. The summed E-state index contributed by atoms with van der Waals surface area (Å²) in [6, 6.07) is 2.99. The SMILES string of the molecule is COc1cc(NS(=O)(=O)C(C)(C)C)c(OC)cc1Cl. The molecule has 0 unspecified atom stereocenters. The highest BCUT2D eigenvalue weighted by molar-refractivity contribution is 7.94. The Morgan fingerprint density at radius 2 is 1.63 bits per heavy atom. The molecule has 0 saturated carbocycles. The molecule has 1 rings (SSSR count). The van der Waals surface area contributed by atoms with Crippen molar-refractivity contribution in [3.05, 3.63) is 17.2 Å². The first kappa shape index (κ1) is 15.9. The molecule has 0 aliphatic rings. The Morgan fingerprint density at radius 1 is 1.11 bits per heavy atom. The lowest BCUT2D eigenvalue weighted by atomic mass is 10.3. The van der Waals surface area contributed by atoms with Crippen molar-refractivity contribution in [2.75, 3.05) is 18.9 Å². The van der Waals surface area contributed by atoms with E-state index in [2.05, 4.69) is 4.72 Å². The van der Waals surface area contributed by atoms with Crippen molar-refractivity contribution in [2.45, 2.75) is 25.5 Å². The number of nitrogens with one attached hydrogen (secondary N) is 1. The standard InChI is InChI=1S/C12H18ClNO4S/c1-12(2,3)19(15,16)14-9-7-10(17-4)8(13)6-11(9)18-5/h6-7,14H,1-5H3. The summed E-state index contributed by atoms with van der Waals surface area (Å²) in [6.07, 6.45) is 0. The van der Waals surface area contributed by atoms with E-state index in [1.165, 1.54) is 26.4 Å². The van der Waals surface area contributed by atoms with Crippen LogP contribution < -0.4 is 14.2 Å². The first-order chi connectivity index (χ1) is 8.62. The van der Waals surface area contributed by atoms with E-state index in [9.17, 15) is 8.42 Å². The van der Waals surface area contributed by atoms with E-state index in [0.29, 0.717) is 22.2 Å². The average Bonchev–Trinajstić information content (AvgIpc) is 2.29. The number of benzene rings is 1. The second-order valence-electron chi connectivity index (χ2n) is 4.90. The third kappa shape index (κ3) is 3.45. The largest absolute Gasteiger partial charge is 0.495 e. The number of hydrogen-bond donors (Lipinski definition) is 1.